The van der Waals surface area contributed by atoms with Crippen LogP contribution in [0.3, 0.4) is 0 Å². The molecule has 1 aromatic carbocycles. The van der Waals surface area contributed by atoms with Crippen LogP contribution in [0.25, 0.3) is 0 Å². The Labute approximate surface area is 85.8 Å². The van der Waals surface area contributed by atoms with Crippen molar-refractivity contribution in [3.05, 3.63) is 27.7 Å². The minimum atomic E-state index is 0.707. The Morgan fingerprint density at radius 2 is 2.25 bits per heavy atom. The molecule has 1 aromatic rings. The van der Waals surface area contributed by atoms with Gasteiger partial charge in [0.25, 0.3) is 0 Å². The second kappa shape index (κ2) is 4.73. The highest BCUT2D eigenvalue weighted by Crippen LogP contribution is 2.26. The van der Waals surface area contributed by atoms with E-state index >= 15 is 0 Å². The van der Waals surface area contributed by atoms with Gasteiger partial charge < -0.3 is 4.74 Å². The van der Waals surface area contributed by atoms with Crippen molar-refractivity contribution in [2.45, 2.75) is 13.3 Å². The van der Waals surface area contributed by atoms with Crippen molar-refractivity contribution in [1.82, 2.24) is 0 Å². The van der Waals surface area contributed by atoms with Crippen LogP contribution < -0.4 is 4.74 Å². The summed E-state index contributed by atoms with van der Waals surface area (Å²) in [4.78, 5) is 0. The number of halogens is 2. The van der Waals surface area contributed by atoms with Gasteiger partial charge in [0, 0.05) is 4.47 Å². The van der Waals surface area contributed by atoms with E-state index in [9.17, 15) is 0 Å². The zero-order valence-corrected chi connectivity index (χ0v) is 9.15. The van der Waals surface area contributed by atoms with Gasteiger partial charge in [0.1, 0.15) is 5.75 Å². The molecule has 66 valence electrons. The first-order valence-electron chi connectivity index (χ1n) is 3.82. The minimum Gasteiger partial charge on any atom is -0.494 e. The molecule has 1 rings (SSSR count). The summed E-state index contributed by atoms with van der Waals surface area (Å²) in [7, 11) is 0. The van der Waals surface area contributed by atoms with Crippen LogP contribution in [-0.4, -0.2) is 6.61 Å². The van der Waals surface area contributed by atoms with Gasteiger partial charge in [-0.1, -0.05) is 18.5 Å². The summed E-state index contributed by atoms with van der Waals surface area (Å²) in [5.74, 6) is 0.855. The average molecular weight is 250 g/mol. The smallest absolute Gasteiger partial charge is 0.120 e. The van der Waals surface area contributed by atoms with E-state index in [1.807, 2.05) is 18.2 Å². The SMILES string of the molecule is CCCOc1ccc(Cl)c(Br)c1. The zero-order valence-electron chi connectivity index (χ0n) is 6.81. The zero-order chi connectivity index (χ0) is 8.97. The number of hydrogen-bond acceptors (Lipinski definition) is 1. The summed E-state index contributed by atoms with van der Waals surface area (Å²) in [5.41, 5.74) is 0. The van der Waals surface area contributed by atoms with Gasteiger partial charge in [-0.15, -0.1) is 0 Å². The second-order valence-corrected chi connectivity index (χ2v) is 3.69. The quantitative estimate of drug-likeness (QED) is 0.790. The van der Waals surface area contributed by atoms with Gasteiger partial charge >= 0.3 is 0 Å². The van der Waals surface area contributed by atoms with Crippen LogP contribution in [0.2, 0.25) is 5.02 Å². The molecule has 0 heterocycles. The van der Waals surface area contributed by atoms with Crippen molar-refractivity contribution >= 4 is 27.5 Å². The van der Waals surface area contributed by atoms with E-state index in [-0.39, 0.29) is 0 Å². The molecule has 0 aliphatic carbocycles. The largest absolute Gasteiger partial charge is 0.494 e. The molecule has 0 spiro atoms. The third-order valence-corrected chi connectivity index (χ3v) is 2.58. The van der Waals surface area contributed by atoms with Crippen molar-refractivity contribution in [2.24, 2.45) is 0 Å². The topological polar surface area (TPSA) is 9.23 Å². The van der Waals surface area contributed by atoms with Crippen LogP contribution in [0.15, 0.2) is 22.7 Å². The molecule has 3 heteroatoms. The molecule has 0 radical (unpaired) electrons. The highest BCUT2D eigenvalue weighted by atomic mass is 79.9. The van der Waals surface area contributed by atoms with Gasteiger partial charge in [-0.2, -0.15) is 0 Å². The molecule has 0 N–H and O–H groups in total. The van der Waals surface area contributed by atoms with E-state index in [0.29, 0.717) is 5.02 Å². The van der Waals surface area contributed by atoms with Gasteiger partial charge in [0.05, 0.1) is 11.6 Å². The maximum Gasteiger partial charge on any atom is 0.120 e. The van der Waals surface area contributed by atoms with E-state index in [4.69, 9.17) is 16.3 Å². The van der Waals surface area contributed by atoms with E-state index in [2.05, 4.69) is 22.9 Å². The monoisotopic (exact) mass is 248 g/mol. The number of rotatable bonds is 3. The first-order valence-corrected chi connectivity index (χ1v) is 4.99. The van der Waals surface area contributed by atoms with Crippen molar-refractivity contribution in [3.63, 3.8) is 0 Å². The molecule has 0 aromatic heterocycles. The molecule has 0 atom stereocenters. The van der Waals surface area contributed by atoms with Crippen LogP contribution in [0.1, 0.15) is 13.3 Å². The van der Waals surface area contributed by atoms with Crippen LogP contribution in [0.4, 0.5) is 0 Å². The normalized spacial score (nSPS) is 9.92. The van der Waals surface area contributed by atoms with Crippen molar-refractivity contribution in [3.8, 4) is 5.75 Å². The van der Waals surface area contributed by atoms with Crippen LogP contribution in [-0.2, 0) is 0 Å². The lowest BCUT2D eigenvalue weighted by molar-refractivity contribution is 0.317. The predicted molar refractivity (Wildman–Crippen MR) is 54.9 cm³/mol. The second-order valence-electron chi connectivity index (χ2n) is 2.42. The molecule has 0 unspecified atom stereocenters. The third-order valence-electron chi connectivity index (χ3n) is 1.36. The summed E-state index contributed by atoms with van der Waals surface area (Å²) in [6.45, 7) is 2.82. The Hall–Kier alpha value is -0.210. The predicted octanol–water partition coefficient (Wildman–Crippen LogP) is 3.89. The molecular formula is C9H10BrClO. The summed E-state index contributed by atoms with van der Waals surface area (Å²) in [5, 5.41) is 0.707. The van der Waals surface area contributed by atoms with Crippen LogP contribution in [0.5, 0.6) is 5.75 Å². The highest BCUT2D eigenvalue weighted by molar-refractivity contribution is 9.10. The molecule has 0 fully saturated rings. The lowest BCUT2D eigenvalue weighted by atomic mass is 10.3. The Morgan fingerprint density at radius 1 is 1.50 bits per heavy atom. The Bertz CT molecular complexity index is 263. The standard InChI is InChI=1S/C9H10BrClO/c1-2-5-12-7-3-4-9(11)8(10)6-7/h3-4,6H,2,5H2,1H3. The number of benzene rings is 1. The maximum atomic E-state index is 5.81. The van der Waals surface area contributed by atoms with Crippen LogP contribution >= 0.6 is 27.5 Å². The van der Waals surface area contributed by atoms with Gasteiger partial charge in [0.2, 0.25) is 0 Å². The molecule has 0 aliphatic heterocycles. The third kappa shape index (κ3) is 2.68. The van der Waals surface area contributed by atoms with Crippen molar-refractivity contribution in [2.75, 3.05) is 6.61 Å². The van der Waals surface area contributed by atoms with Gasteiger partial charge in [-0.25, -0.2) is 0 Å². The first-order chi connectivity index (χ1) is 5.74. The van der Waals surface area contributed by atoms with Gasteiger partial charge in [0.15, 0.2) is 0 Å². The molecule has 0 saturated carbocycles. The minimum absolute atomic E-state index is 0.707. The van der Waals surface area contributed by atoms with E-state index in [1.165, 1.54) is 0 Å². The van der Waals surface area contributed by atoms with E-state index < -0.39 is 0 Å². The fourth-order valence-electron chi connectivity index (χ4n) is 0.787. The summed E-state index contributed by atoms with van der Waals surface area (Å²) < 4.78 is 6.28. The summed E-state index contributed by atoms with van der Waals surface area (Å²) in [6.07, 6.45) is 1.01. The highest BCUT2D eigenvalue weighted by Gasteiger charge is 1.98. The number of hydrogen-bond donors (Lipinski definition) is 0. The summed E-state index contributed by atoms with van der Waals surface area (Å²) in [6, 6.07) is 5.55. The fraction of sp³-hybridized carbons (Fsp3) is 0.333. The van der Waals surface area contributed by atoms with E-state index in [0.717, 1.165) is 23.2 Å². The van der Waals surface area contributed by atoms with Crippen molar-refractivity contribution < 1.29 is 4.74 Å². The van der Waals surface area contributed by atoms with Gasteiger partial charge in [-0.05, 0) is 40.5 Å². The fourth-order valence-corrected chi connectivity index (χ4v) is 1.26. The van der Waals surface area contributed by atoms with Gasteiger partial charge in [-0.3, -0.25) is 0 Å². The lowest BCUT2D eigenvalue weighted by Gasteiger charge is -2.04. The molecule has 0 aliphatic rings. The van der Waals surface area contributed by atoms with Crippen LogP contribution in [0, 0.1) is 0 Å². The maximum absolute atomic E-state index is 5.81. The average Bonchev–Trinajstić information content (AvgIpc) is 2.07. The van der Waals surface area contributed by atoms with Crippen molar-refractivity contribution in [1.29, 1.82) is 0 Å². The first kappa shape index (κ1) is 9.87. The molecule has 0 bridgehead atoms. The lowest BCUT2D eigenvalue weighted by Crippen LogP contribution is -1.94. The summed E-state index contributed by atoms with van der Waals surface area (Å²) >= 11 is 9.14. The molecule has 0 saturated heterocycles. The Balaban J connectivity index is 2.69. The Kier molecular flexibility index (Phi) is 3.89. The molecule has 0 amide bonds. The molecule has 1 nitrogen and oxygen atoms in total. The molecular weight excluding hydrogens is 239 g/mol. The molecule has 12 heavy (non-hydrogen) atoms. The number of ether oxygens (including phenoxy) is 1. The Morgan fingerprint density at radius 3 is 2.83 bits per heavy atom. The van der Waals surface area contributed by atoms with E-state index in [1.54, 1.807) is 0 Å².